The van der Waals surface area contributed by atoms with Crippen LogP contribution in [0.5, 0.6) is 0 Å². The van der Waals surface area contributed by atoms with Crippen LogP contribution >= 0.6 is 0 Å². The number of anilines is 1. The summed E-state index contributed by atoms with van der Waals surface area (Å²) in [5, 5.41) is 2.20. The molecule has 0 spiro atoms. The van der Waals surface area contributed by atoms with E-state index in [4.69, 9.17) is 4.42 Å². The van der Waals surface area contributed by atoms with Gasteiger partial charge in [-0.2, -0.15) is 0 Å². The molecule has 4 rings (SSSR count). The fraction of sp³-hybridized carbons (Fsp3) is 0.250. The summed E-state index contributed by atoms with van der Waals surface area (Å²) in [7, 11) is 0. The molecule has 0 radical (unpaired) electrons. The molecular weight excluding hydrogens is 379 g/mol. The molecule has 29 heavy (non-hydrogen) atoms. The Kier molecular flexibility index (Phi) is 5.03. The van der Waals surface area contributed by atoms with Crippen LogP contribution in [0.3, 0.4) is 0 Å². The van der Waals surface area contributed by atoms with Crippen molar-refractivity contribution < 1.29 is 23.2 Å². The number of carbonyl (C=O) groups is 3. The molecule has 4 amide bonds. The maximum Gasteiger partial charge on any atom is 0.331 e. The molecule has 9 heteroatoms. The zero-order chi connectivity index (χ0) is 20.4. The number of piperazine rings is 1. The van der Waals surface area contributed by atoms with Crippen molar-refractivity contribution in [2.24, 2.45) is 0 Å². The van der Waals surface area contributed by atoms with Crippen LogP contribution in [0, 0.1) is 5.82 Å². The molecule has 8 nitrogen and oxygen atoms in total. The van der Waals surface area contributed by atoms with Crippen molar-refractivity contribution in [3.63, 3.8) is 0 Å². The van der Waals surface area contributed by atoms with E-state index in [1.165, 1.54) is 24.6 Å². The average Bonchev–Trinajstić information content (AvgIpc) is 3.23. The number of nitrogens with zero attached hydrogens (tertiary/aromatic N) is 3. The Morgan fingerprint density at radius 2 is 1.76 bits per heavy atom. The summed E-state index contributed by atoms with van der Waals surface area (Å²) < 4.78 is 18.3. The van der Waals surface area contributed by atoms with Gasteiger partial charge < -0.3 is 14.2 Å². The second kappa shape index (κ2) is 7.78. The number of carbonyl (C=O) groups excluding carboxylic acids is 3. The smallest absolute Gasteiger partial charge is 0.331 e. The highest BCUT2D eigenvalue weighted by atomic mass is 19.1. The Bertz CT molecular complexity index is 947. The Balaban J connectivity index is 1.44. The Hall–Kier alpha value is -3.62. The van der Waals surface area contributed by atoms with E-state index in [2.05, 4.69) is 10.2 Å². The lowest BCUT2D eigenvalue weighted by atomic mass is 10.1. The first-order valence-corrected chi connectivity index (χ1v) is 9.17. The van der Waals surface area contributed by atoms with Crippen LogP contribution in [0.4, 0.5) is 14.9 Å². The number of imide groups is 2. The van der Waals surface area contributed by atoms with Gasteiger partial charge >= 0.3 is 6.03 Å². The summed E-state index contributed by atoms with van der Waals surface area (Å²) in [5.41, 5.74) is 0.826. The molecule has 1 aromatic carbocycles. The fourth-order valence-electron chi connectivity index (χ4n) is 3.33. The van der Waals surface area contributed by atoms with Crippen molar-refractivity contribution in [1.82, 2.24) is 15.1 Å². The summed E-state index contributed by atoms with van der Waals surface area (Å²) in [6.45, 7) is 2.41. The van der Waals surface area contributed by atoms with E-state index in [1.807, 2.05) is 4.90 Å². The van der Waals surface area contributed by atoms with E-state index in [0.717, 1.165) is 10.6 Å². The van der Waals surface area contributed by atoms with E-state index in [9.17, 15) is 18.8 Å². The molecule has 2 aromatic rings. The van der Waals surface area contributed by atoms with Gasteiger partial charge in [0.2, 0.25) is 0 Å². The SMILES string of the molecule is O=C1NC(=O)N(Cc2ccco2)C(=O)/C1=C\N1CCN(c2ccc(F)cc2)CC1. The van der Waals surface area contributed by atoms with Crippen LogP contribution in [0.1, 0.15) is 5.76 Å². The van der Waals surface area contributed by atoms with Gasteiger partial charge in [-0.15, -0.1) is 0 Å². The third-order valence-electron chi connectivity index (χ3n) is 4.90. The molecule has 1 aromatic heterocycles. The maximum atomic E-state index is 13.1. The van der Waals surface area contributed by atoms with E-state index in [-0.39, 0.29) is 17.9 Å². The first kappa shape index (κ1) is 18.7. The van der Waals surface area contributed by atoms with Crippen LogP contribution in [0.25, 0.3) is 0 Å². The quantitative estimate of drug-likeness (QED) is 0.623. The van der Waals surface area contributed by atoms with Crippen molar-refractivity contribution >= 4 is 23.5 Å². The van der Waals surface area contributed by atoms with Crippen molar-refractivity contribution in [1.29, 1.82) is 0 Å². The number of benzene rings is 1. The first-order valence-electron chi connectivity index (χ1n) is 9.17. The van der Waals surface area contributed by atoms with Crippen LogP contribution < -0.4 is 10.2 Å². The van der Waals surface area contributed by atoms with Gasteiger partial charge in [-0.25, -0.2) is 9.18 Å². The minimum absolute atomic E-state index is 0.0549. The summed E-state index contributed by atoms with van der Waals surface area (Å²) in [5.74, 6) is -1.21. The number of halogens is 1. The molecule has 0 aliphatic carbocycles. The topological polar surface area (TPSA) is 86.1 Å². The van der Waals surface area contributed by atoms with E-state index >= 15 is 0 Å². The van der Waals surface area contributed by atoms with Crippen molar-refractivity contribution in [3.05, 3.63) is 66.0 Å². The largest absolute Gasteiger partial charge is 0.467 e. The molecule has 2 aliphatic rings. The zero-order valence-corrected chi connectivity index (χ0v) is 15.5. The fourth-order valence-corrected chi connectivity index (χ4v) is 3.33. The summed E-state index contributed by atoms with van der Waals surface area (Å²) in [4.78, 5) is 41.9. The third kappa shape index (κ3) is 3.98. The summed E-state index contributed by atoms with van der Waals surface area (Å²) in [6, 6.07) is 8.81. The number of urea groups is 1. The second-order valence-electron chi connectivity index (χ2n) is 6.77. The minimum Gasteiger partial charge on any atom is -0.467 e. The highest BCUT2D eigenvalue weighted by molar-refractivity contribution is 6.28. The lowest BCUT2D eigenvalue weighted by Crippen LogP contribution is -2.54. The molecule has 0 atom stereocenters. The number of hydrogen-bond donors (Lipinski definition) is 1. The van der Waals surface area contributed by atoms with Gasteiger partial charge in [0.15, 0.2) is 0 Å². The van der Waals surface area contributed by atoms with Crippen LogP contribution in [0.15, 0.2) is 58.9 Å². The number of amides is 4. The standard InChI is InChI=1S/C20H19FN4O4/c21-14-3-5-15(6-4-14)24-9-7-23(8-10-24)13-17-18(26)22-20(28)25(19(17)27)12-16-2-1-11-29-16/h1-6,11,13H,7-10,12H2,(H,22,26,28)/b17-13-. The molecule has 150 valence electrons. The molecule has 3 heterocycles. The number of nitrogens with one attached hydrogen (secondary N) is 1. The maximum absolute atomic E-state index is 13.1. The summed E-state index contributed by atoms with van der Waals surface area (Å²) in [6.07, 6.45) is 2.95. The van der Waals surface area contributed by atoms with Gasteiger partial charge in [-0.3, -0.25) is 19.8 Å². The second-order valence-corrected chi connectivity index (χ2v) is 6.77. The van der Waals surface area contributed by atoms with Crippen molar-refractivity contribution in [3.8, 4) is 0 Å². The van der Waals surface area contributed by atoms with Gasteiger partial charge in [0, 0.05) is 38.1 Å². The normalized spacial score (nSPS) is 19.1. The minimum atomic E-state index is -0.769. The number of hydrogen-bond acceptors (Lipinski definition) is 6. The predicted molar refractivity (Wildman–Crippen MR) is 101 cm³/mol. The summed E-state index contributed by atoms with van der Waals surface area (Å²) >= 11 is 0. The Morgan fingerprint density at radius 1 is 1.03 bits per heavy atom. The predicted octanol–water partition coefficient (Wildman–Crippen LogP) is 1.70. The first-order chi connectivity index (χ1) is 14.0. The van der Waals surface area contributed by atoms with Gasteiger partial charge in [0.1, 0.15) is 17.2 Å². The highest BCUT2D eigenvalue weighted by Gasteiger charge is 2.36. The molecule has 2 fully saturated rings. The lowest BCUT2D eigenvalue weighted by Gasteiger charge is -2.36. The van der Waals surface area contributed by atoms with Crippen LogP contribution in [-0.2, 0) is 16.1 Å². The highest BCUT2D eigenvalue weighted by Crippen LogP contribution is 2.19. The lowest BCUT2D eigenvalue weighted by molar-refractivity contribution is -0.130. The molecule has 1 N–H and O–H groups in total. The van der Waals surface area contributed by atoms with E-state index in [1.54, 1.807) is 24.3 Å². The van der Waals surface area contributed by atoms with Gasteiger partial charge in [-0.1, -0.05) is 0 Å². The van der Waals surface area contributed by atoms with Crippen LogP contribution in [-0.4, -0.2) is 53.8 Å². The Morgan fingerprint density at radius 3 is 2.41 bits per heavy atom. The molecule has 2 aliphatic heterocycles. The third-order valence-corrected chi connectivity index (χ3v) is 4.90. The number of barbiturate groups is 1. The van der Waals surface area contributed by atoms with Gasteiger partial charge in [-0.05, 0) is 36.4 Å². The van der Waals surface area contributed by atoms with Crippen LogP contribution in [0.2, 0.25) is 0 Å². The van der Waals surface area contributed by atoms with E-state index < -0.39 is 17.8 Å². The van der Waals surface area contributed by atoms with Crippen molar-refractivity contribution in [2.45, 2.75) is 6.54 Å². The molecule has 0 bridgehead atoms. The monoisotopic (exact) mass is 398 g/mol. The molecule has 0 saturated carbocycles. The van der Waals surface area contributed by atoms with Gasteiger partial charge in [0.25, 0.3) is 11.8 Å². The zero-order valence-electron chi connectivity index (χ0n) is 15.5. The number of rotatable bonds is 4. The van der Waals surface area contributed by atoms with E-state index in [0.29, 0.717) is 31.9 Å². The molecular formula is C20H19FN4O4. The van der Waals surface area contributed by atoms with Gasteiger partial charge in [0.05, 0.1) is 12.8 Å². The number of furan rings is 1. The molecule has 0 unspecified atom stereocenters. The van der Waals surface area contributed by atoms with Crippen molar-refractivity contribution in [2.75, 3.05) is 31.1 Å². The Labute approximate surface area is 166 Å². The average molecular weight is 398 g/mol. The molecule has 2 saturated heterocycles.